The summed E-state index contributed by atoms with van der Waals surface area (Å²) in [4.78, 5) is 14.5. The van der Waals surface area contributed by atoms with Crippen molar-refractivity contribution in [2.24, 2.45) is 0 Å². The number of nitrogens with zero attached hydrogens (tertiary/aromatic N) is 2. The fraction of sp³-hybridized carbons (Fsp3) is 0.588. The van der Waals surface area contributed by atoms with Crippen LogP contribution in [0.5, 0.6) is 0 Å². The molecule has 0 aromatic heterocycles. The van der Waals surface area contributed by atoms with Crippen LogP contribution < -0.4 is 0 Å². The Morgan fingerprint density at radius 3 is 2.22 bits per heavy atom. The summed E-state index contributed by atoms with van der Waals surface area (Å²) in [6.07, 6.45) is 1.96. The zero-order valence-corrected chi connectivity index (χ0v) is 15.4. The second-order valence-corrected chi connectivity index (χ2v) is 7.29. The molecular weight excluding hydrogens is 312 g/mol. The predicted octanol–water partition coefficient (Wildman–Crippen LogP) is 2.98. The molecule has 1 aromatic rings. The summed E-state index contributed by atoms with van der Waals surface area (Å²) in [7, 11) is -3.54. The van der Waals surface area contributed by atoms with Gasteiger partial charge < -0.3 is 4.90 Å². The fourth-order valence-electron chi connectivity index (χ4n) is 2.44. The average molecular weight is 340 g/mol. The van der Waals surface area contributed by atoms with Crippen LogP contribution in [0.3, 0.4) is 0 Å². The van der Waals surface area contributed by atoms with Crippen LogP contribution in [-0.4, -0.2) is 49.7 Å². The molecule has 0 saturated carbocycles. The van der Waals surface area contributed by atoms with Crippen molar-refractivity contribution in [2.45, 2.75) is 45.4 Å². The normalized spacial score (nSPS) is 11.7. The maximum atomic E-state index is 12.6. The highest BCUT2D eigenvalue weighted by Crippen LogP contribution is 2.18. The van der Waals surface area contributed by atoms with Gasteiger partial charge in [-0.1, -0.05) is 33.3 Å². The van der Waals surface area contributed by atoms with Gasteiger partial charge >= 0.3 is 0 Å². The lowest BCUT2D eigenvalue weighted by molar-refractivity contribution is 0.0762. The molecule has 0 saturated heterocycles. The summed E-state index contributed by atoms with van der Waals surface area (Å²) in [6.45, 7) is 9.76. The first kappa shape index (κ1) is 19.6. The number of amides is 1. The molecular formula is C17H28N2O3S. The van der Waals surface area contributed by atoms with Gasteiger partial charge in [-0.2, -0.15) is 4.31 Å². The molecule has 0 heterocycles. The van der Waals surface area contributed by atoms with Crippen molar-refractivity contribution >= 4 is 15.9 Å². The lowest BCUT2D eigenvalue weighted by atomic mass is 10.2. The van der Waals surface area contributed by atoms with Crippen LogP contribution in [0.1, 0.15) is 50.9 Å². The molecule has 6 heteroatoms. The van der Waals surface area contributed by atoms with Gasteiger partial charge in [-0.15, -0.1) is 0 Å². The number of benzene rings is 1. The molecule has 5 nitrogen and oxygen atoms in total. The van der Waals surface area contributed by atoms with E-state index in [4.69, 9.17) is 0 Å². The molecule has 1 rings (SSSR count). The van der Waals surface area contributed by atoms with Gasteiger partial charge in [0.25, 0.3) is 5.91 Å². The van der Waals surface area contributed by atoms with Crippen molar-refractivity contribution in [1.29, 1.82) is 0 Å². The number of carbonyl (C=O) groups is 1. The van der Waals surface area contributed by atoms with Gasteiger partial charge in [-0.05, 0) is 31.5 Å². The smallest absolute Gasteiger partial charge is 0.253 e. The molecule has 0 atom stereocenters. The first-order chi connectivity index (χ1) is 10.9. The van der Waals surface area contributed by atoms with Crippen molar-refractivity contribution in [2.75, 3.05) is 26.2 Å². The van der Waals surface area contributed by atoms with E-state index in [1.165, 1.54) is 10.4 Å². The fourth-order valence-corrected chi connectivity index (χ4v) is 3.94. The molecule has 1 aromatic carbocycles. The first-order valence-corrected chi connectivity index (χ1v) is 9.75. The highest BCUT2D eigenvalue weighted by atomic mass is 32.2. The summed E-state index contributed by atoms with van der Waals surface area (Å²) < 4.78 is 26.6. The van der Waals surface area contributed by atoms with E-state index in [2.05, 4.69) is 6.92 Å². The van der Waals surface area contributed by atoms with Gasteiger partial charge in [0.1, 0.15) is 0 Å². The van der Waals surface area contributed by atoms with Crippen LogP contribution in [0.25, 0.3) is 0 Å². The van der Waals surface area contributed by atoms with Crippen LogP contribution >= 0.6 is 0 Å². The van der Waals surface area contributed by atoms with E-state index in [9.17, 15) is 13.2 Å². The molecule has 0 N–H and O–H groups in total. The van der Waals surface area contributed by atoms with Gasteiger partial charge in [0.15, 0.2) is 0 Å². The second-order valence-electron chi connectivity index (χ2n) is 5.36. The molecule has 0 aliphatic heterocycles. The SMILES string of the molecule is CCCCN(CC)C(=O)c1cccc(S(=O)(=O)N(CC)CC)c1. The molecule has 0 aliphatic carbocycles. The van der Waals surface area contributed by atoms with Crippen LogP contribution in [0.2, 0.25) is 0 Å². The Balaban J connectivity index is 3.11. The molecule has 1 amide bonds. The van der Waals surface area contributed by atoms with Crippen molar-refractivity contribution in [3.8, 4) is 0 Å². The molecule has 0 spiro atoms. The molecule has 0 unspecified atom stereocenters. The highest BCUT2D eigenvalue weighted by molar-refractivity contribution is 7.89. The topological polar surface area (TPSA) is 57.7 Å². The molecule has 0 aliphatic rings. The largest absolute Gasteiger partial charge is 0.339 e. The third-order valence-corrected chi connectivity index (χ3v) is 5.92. The molecule has 23 heavy (non-hydrogen) atoms. The molecule has 130 valence electrons. The number of rotatable bonds is 9. The monoisotopic (exact) mass is 340 g/mol. The maximum Gasteiger partial charge on any atom is 0.253 e. The molecule has 0 bridgehead atoms. The quantitative estimate of drug-likeness (QED) is 0.694. The van der Waals surface area contributed by atoms with E-state index in [0.29, 0.717) is 31.7 Å². The zero-order chi connectivity index (χ0) is 17.5. The van der Waals surface area contributed by atoms with Crippen molar-refractivity contribution in [3.63, 3.8) is 0 Å². The van der Waals surface area contributed by atoms with Gasteiger partial charge in [-0.25, -0.2) is 8.42 Å². The first-order valence-electron chi connectivity index (χ1n) is 8.31. The predicted molar refractivity (Wildman–Crippen MR) is 93.0 cm³/mol. The Kier molecular flexibility index (Phi) is 7.72. The second kappa shape index (κ2) is 9.03. The van der Waals surface area contributed by atoms with Gasteiger partial charge in [0.05, 0.1) is 4.90 Å². The molecule has 0 fully saturated rings. The minimum absolute atomic E-state index is 0.113. The van der Waals surface area contributed by atoms with E-state index < -0.39 is 10.0 Å². The van der Waals surface area contributed by atoms with E-state index in [1.807, 2.05) is 6.92 Å². The average Bonchev–Trinajstić information content (AvgIpc) is 2.56. The van der Waals surface area contributed by atoms with Gasteiger partial charge in [-0.3, -0.25) is 4.79 Å². The minimum Gasteiger partial charge on any atom is -0.339 e. The Morgan fingerprint density at radius 1 is 1.04 bits per heavy atom. The Labute approximate surface area is 140 Å². The van der Waals surface area contributed by atoms with E-state index in [1.54, 1.807) is 36.9 Å². The number of sulfonamides is 1. The number of hydrogen-bond acceptors (Lipinski definition) is 3. The van der Waals surface area contributed by atoms with E-state index in [-0.39, 0.29) is 10.8 Å². The summed E-state index contributed by atoms with van der Waals surface area (Å²) in [6, 6.07) is 6.35. The lowest BCUT2D eigenvalue weighted by Crippen LogP contribution is -2.33. The Morgan fingerprint density at radius 2 is 1.70 bits per heavy atom. The standard InChI is InChI=1S/C17H28N2O3S/c1-5-9-13-18(6-2)17(20)15-11-10-12-16(14-15)23(21,22)19(7-3)8-4/h10-12,14H,5-9,13H2,1-4H3. The number of unbranched alkanes of at least 4 members (excludes halogenated alkanes) is 1. The van der Waals surface area contributed by atoms with E-state index in [0.717, 1.165) is 12.8 Å². The highest BCUT2D eigenvalue weighted by Gasteiger charge is 2.23. The van der Waals surface area contributed by atoms with Crippen LogP contribution in [0, 0.1) is 0 Å². The van der Waals surface area contributed by atoms with Crippen molar-refractivity contribution in [1.82, 2.24) is 9.21 Å². The summed E-state index contributed by atoms with van der Waals surface area (Å²) in [5.41, 5.74) is 0.427. The Bertz CT molecular complexity index is 610. The van der Waals surface area contributed by atoms with Crippen molar-refractivity contribution < 1.29 is 13.2 Å². The Hall–Kier alpha value is -1.40. The zero-order valence-electron chi connectivity index (χ0n) is 14.6. The van der Waals surface area contributed by atoms with Crippen molar-refractivity contribution in [3.05, 3.63) is 29.8 Å². The van der Waals surface area contributed by atoms with E-state index >= 15 is 0 Å². The van der Waals surface area contributed by atoms with Crippen LogP contribution in [0.15, 0.2) is 29.2 Å². The third kappa shape index (κ3) is 4.78. The van der Waals surface area contributed by atoms with Crippen LogP contribution in [0.4, 0.5) is 0 Å². The minimum atomic E-state index is -3.54. The summed E-state index contributed by atoms with van der Waals surface area (Å²) >= 11 is 0. The van der Waals surface area contributed by atoms with Gasteiger partial charge in [0.2, 0.25) is 10.0 Å². The summed E-state index contributed by atoms with van der Waals surface area (Å²) in [5, 5.41) is 0. The number of carbonyl (C=O) groups excluding carboxylic acids is 1. The van der Waals surface area contributed by atoms with Crippen LogP contribution in [-0.2, 0) is 10.0 Å². The molecule has 0 radical (unpaired) electrons. The number of hydrogen-bond donors (Lipinski definition) is 0. The van der Waals surface area contributed by atoms with Gasteiger partial charge in [0, 0.05) is 31.7 Å². The third-order valence-electron chi connectivity index (χ3n) is 3.87. The maximum absolute atomic E-state index is 12.6. The lowest BCUT2D eigenvalue weighted by Gasteiger charge is -2.22. The summed E-state index contributed by atoms with van der Waals surface area (Å²) in [5.74, 6) is -0.113.